The molecule has 44 heavy (non-hydrogen) atoms. The standard InChI is InChI=1S/C39H38O5/c40-38-37(42-28-31-18-8-2-9-19-31)36(41-27-30-16-6-1-7-17-30)26-35(44-38)29-43-39(32-20-10-3-11-21-32,33-22-12-4-13-23-33)34-24-14-5-15-25-34/h1-25,35-38,40H,26-29H2/t35-,36-,37+,38-/m0/s1. The summed E-state index contributed by atoms with van der Waals surface area (Å²) in [6, 6.07) is 50.7. The van der Waals surface area contributed by atoms with Gasteiger partial charge < -0.3 is 24.1 Å². The van der Waals surface area contributed by atoms with E-state index in [4.69, 9.17) is 18.9 Å². The van der Waals surface area contributed by atoms with Gasteiger partial charge in [0.25, 0.3) is 0 Å². The maximum atomic E-state index is 11.3. The van der Waals surface area contributed by atoms with Gasteiger partial charge in [0.1, 0.15) is 11.7 Å². The van der Waals surface area contributed by atoms with E-state index in [2.05, 4.69) is 36.4 Å². The number of aliphatic hydroxyl groups is 1. The summed E-state index contributed by atoms with van der Waals surface area (Å²) in [5.74, 6) is 0. The maximum Gasteiger partial charge on any atom is 0.184 e. The molecule has 5 aromatic carbocycles. The minimum absolute atomic E-state index is 0.229. The van der Waals surface area contributed by atoms with Crippen molar-refractivity contribution in [2.24, 2.45) is 0 Å². The van der Waals surface area contributed by atoms with E-state index in [-0.39, 0.29) is 6.61 Å². The van der Waals surface area contributed by atoms with Crippen LogP contribution in [0.4, 0.5) is 0 Å². The molecule has 0 spiro atoms. The summed E-state index contributed by atoms with van der Waals surface area (Å²) in [6.07, 6.45) is -2.18. The zero-order chi connectivity index (χ0) is 30.0. The van der Waals surface area contributed by atoms with Crippen LogP contribution >= 0.6 is 0 Å². The van der Waals surface area contributed by atoms with Gasteiger partial charge in [-0.15, -0.1) is 0 Å². The second kappa shape index (κ2) is 14.6. The zero-order valence-corrected chi connectivity index (χ0v) is 24.7. The van der Waals surface area contributed by atoms with Crippen molar-refractivity contribution < 1.29 is 24.1 Å². The highest BCUT2D eigenvalue weighted by Crippen LogP contribution is 2.41. The Kier molecular flexibility index (Phi) is 9.93. The first-order chi connectivity index (χ1) is 21.7. The van der Waals surface area contributed by atoms with Gasteiger partial charge in [-0.2, -0.15) is 0 Å². The van der Waals surface area contributed by atoms with E-state index in [1.54, 1.807) is 0 Å². The molecule has 4 atom stereocenters. The normalized spacial score (nSPS) is 20.3. The molecule has 1 N–H and O–H groups in total. The summed E-state index contributed by atoms with van der Waals surface area (Å²) >= 11 is 0. The first-order valence-electron chi connectivity index (χ1n) is 15.2. The molecular formula is C39H38O5. The second-order valence-corrected chi connectivity index (χ2v) is 11.1. The van der Waals surface area contributed by atoms with Crippen LogP contribution in [0.2, 0.25) is 0 Å². The maximum absolute atomic E-state index is 11.3. The Hall–Kier alpha value is -4.10. The van der Waals surface area contributed by atoms with Crippen molar-refractivity contribution in [3.8, 4) is 0 Å². The van der Waals surface area contributed by atoms with Crippen LogP contribution in [0.3, 0.4) is 0 Å². The minimum Gasteiger partial charge on any atom is -0.371 e. The summed E-state index contributed by atoms with van der Waals surface area (Å²) in [7, 11) is 0. The summed E-state index contributed by atoms with van der Waals surface area (Å²) in [5, 5.41) is 11.3. The number of aliphatic hydroxyl groups excluding tert-OH is 1. The quantitative estimate of drug-likeness (QED) is 0.156. The van der Waals surface area contributed by atoms with Crippen molar-refractivity contribution in [1.82, 2.24) is 0 Å². The van der Waals surface area contributed by atoms with Crippen molar-refractivity contribution >= 4 is 0 Å². The Morgan fingerprint density at radius 1 is 0.568 bits per heavy atom. The molecule has 1 saturated heterocycles. The topological polar surface area (TPSA) is 57.2 Å². The van der Waals surface area contributed by atoms with E-state index < -0.39 is 30.2 Å². The third-order valence-corrected chi connectivity index (χ3v) is 8.09. The lowest BCUT2D eigenvalue weighted by Crippen LogP contribution is -2.52. The molecule has 6 rings (SSSR count). The van der Waals surface area contributed by atoms with Crippen LogP contribution in [-0.4, -0.2) is 36.3 Å². The average molecular weight is 587 g/mol. The smallest absolute Gasteiger partial charge is 0.184 e. The molecule has 0 aromatic heterocycles. The summed E-state index contributed by atoms with van der Waals surface area (Å²) < 4.78 is 25.9. The Balaban J connectivity index is 1.26. The average Bonchev–Trinajstić information content (AvgIpc) is 3.09. The fourth-order valence-corrected chi connectivity index (χ4v) is 5.90. The van der Waals surface area contributed by atoms with Gasteiger partial charge in [0.15, 0.2) is 6.29 Å². The van der Waals surface area contributed by atoms with Gasteiger partial charge in [0.05, 0.1) is 32.0 Å². The molecule has 5 heteroatoms. The molecule has 1 aliphatic heterocycles. The summed E-state index contributed by atoms with van der Waals surface area (Å²) in [6.45, 7) is 0.975. The van der Waals surface area contributed by atoms with Gasteiger partial charge in [-0.25, -0.2) is 0 Å². The van der Waals surface area contributed by atoms with Crippen LogP contribution in [0.1, 0.15) is 34.2 Å². The van der Waals surface area contributed by atoms with Gasteiger partial charge >= 0.3 is 0 Å². The molecule has 0 radical (unpaired) electrons. The van der Waals surface area contributed by atoms with Gasteiger partial charge in [-0.05, 0) is 27.8 Å². The first-order valence-corrected chi connectivity index (χ1v) is 15.2. The summed E-state index contributed by atoms with van der Waals surface area (Å²) in [4.78, 5) is 0. The van der Waals surface area contributed by atoms with Crippen molar-refractivity contribution in [3.05, 3.63) is 179 Å². The molecule has 1 fully saturated rings. The third kappa shape index (κ3) is 6.99. The van der Waals surface area contributed by atoms with E-state index in [9.17, 15) is 5.11 Å². The van der Waals surface area contributed by atoms with Crippen molar-refractivity contribution in [2.45, 2.75) is 49.8 Å². The monoisotopic (exact) mass is 586 g/mol. The Morgan fingerprint density at radius 3 is 1.43 bits per heavy atom. The Morgan fingerprint density at radius 2 is 0.977 bits per heavy atom. The predicted octanol–water partition coefficient (Wildman–Crippen LogP) is 7.27. The highest BCUT2D eigenvalue weighted by atomic mass is 16.7. The Bertz CT molecular complexity index is 1430. The highest BCUT2D eigenvalue weighted by Gasteiger charge is 2.43. The lowest BCUT2D eigenvalue weighted by Gasteiger charge is -2.41. The van der Waals surface area contributed by atoms with Crippen LogP contribution in [0.25, 0.3) is 0 Å². The minimum atomic E-state index is -1.18. The first kappa shape index (κ1) is 29.9. The molecule has 5 nitrogen and oxygen atoms in total. The molecule has 0 bridgehead atoms. The highest BCUT2D eigenvalue weighted by molar-refractivity contribution is 5.47. The molecule has 5 aromatic rings. The van der Waals surface area contributed by atoms with Gasteiger partial charge in [0, 0.05) is 6.42 Å². The number of ether oxygens (including phenoxy) is 4. The predicted molar refractivity (Wildman–Crippen MR) is 171 cm³/mol. The molecule has 1 aliphatic rings. The van der Waals surface area contributed by atoms with E-state index in [1.165, 1.54) is 0 Å². The third-order valence-electron chi connectivity index (χ3n) is 8.09. The van der Waals surface area contributed by atoms with E-state index in [0.717, 1.165) is 27.8 Å². The number of benzene rings is 5. The molecular weight excluding hydrogens is 548 g/mol. The Labute approximate surface area is 259 Å². The fourth-order valence-electron chi connectivity index (χ4n) is 5.90. The van der Waals surface area contributed by atoms with Crippen molar-refractivity contribution in [3.63, 3.8) is 0 Å². The fraction of sp³-hybridized carbons (Fsp3) is 0.231. The second-order valence-electron chi connectivity index (χ2n) is 11.1. The number of hydrogen-bond acceptors (Lipinski definition) is 5. The summed E-state index contributed by atoms with van der Waals surface area (Å²) in [5.41, 5.74) is 4.21. The van der Waals surface area contributed by atoms with Gasteiger partial charge in [0.2, 0.25) is 0 Å². The van der Waals surface area contributed by atoms with Gasteiger partial charge in [-0.3, -0.25) is 0 Å². The van der Waals surface area contributed by atoms with Crippen LogP contribution in [0.15, 0.2) is 152 Å². The largest absolute Gasteiger partial charge is 0.371 e. The van der Waals surface area contributed by atoms with Crippen LogP contribution in [0, 0.1) is 0 Å². The molecule has 0 aliphatic carbocycles. The molecule has 0 unspecified atom stereocenters. The van der Waals surface area contributed by atoms with Gasteiger partial charge in [-0.1, -0.05) is 152 Å². The molecule has 0 saturated carbocycles. The number of rotatable bonds is 12. The van der Waals surface area contributed by atoms with Crippen molar-refractivity contribution in [1.29, 1.82) is 0 Å². The van der Waals surface area contributed by atoms with Crippen molar-refractivity contribution in [2.75, 3.05) is 6.61 Å². The van der Waals surface area contributed by atoms with Crippen LogP contribution in [-0.2, 0) is 37.8 Å². The van der Waals surface area contributed by atoms with E-state index in [1.807, 2.05) is 115 Å². The lowest BCUT2D eigenvalue weighted by molar-refractivity contribution is -0.279. The van der Waals surface area contributed by atoms with E-state index >= 15 is 0 Å². The zero-order valence-electron chi connectivity index (χ0n) is 24.7. The van der Waals surface area contributed by atoms with Crippen LogP contribution < -0.4 is 0 Å². The SMILES string of the molecule is O[C@H]1O[C@H](COC(c2ccccc2)(c2ccccc2)c2ccccc2)C[C@H](OCc2ccccc2)[C@H]1OCc1ccccc1. The molecule has 224 valence electrons. The lowest BCUT2D eigenvalue weighted by atomic mass is 9.80. The molecule has 1 heterocycles. The number of hydrogen-bond donors (Lipinski definition) is 1. The molecule has 0 amide bonds. The van der Waals surface area contributed by atoms with Crippen LogP contribution in [0.5, 0.6) is 0 Å². The van der Waals surface area contributed by atoms with E-state index in [0.29, 0.717) is 19.6 Å².